The Morgan fingerprint density at radius 2 is 2.40 bits per heavy atom. The van der Waals surface area contributed by atoms with Crippen molar-refractivity contribution in [2.24, 2.45) is 0 Å². The number of ether oxygens (including phenoxy) is 1. The van der Waals surface area contributed by atoms with E-state index in [-0.39, 0.29) is 12.3 Å². The molecule has 1 saturated carbocycles. The molecular formula is C10H12N2O3. The molecule has 0 unspecified atom stereocenters. The summed E-state index contributed by atoms with van der Waals surface area (Å²) in [5.41, 5.74) is 1.23. The number of carbonyl (C=O) groups is 2. The molecule has 1 aromatic rings. The second kappa shape index (κ2) is 3.84. The van der Waals surface area contributed by atoms with Crippen molar-refractivity contribution in [2.75, 3.05) is 6.61 Å². The molecule has 1 aromatic heterocycles. The maximum absolute atomic E-state index is 11.4. The lowest BCUT2D eigenvalue weighted by molar-refractivity contribution is 0.0517. The van der Waals surface area contributed by atoms with E-state index in [1.807, 2.05) is 0 Å². The lowest BCUT2D eigenvalue weighted by Crippen LogP contribution is -2.08. The number of carbonyl (C=O) groups excluding carboxylic acids is 2. The summed E-state index contributed by atoms with van der Waals surface area (Å²) in [6.45, 7) is 2.00. The highest BCUT2D eigenvalue weighted by atomic mass is 16.5. The van der Waals surface area contributed by atoms with Crippen LogP contribution in [0.1, 0.15) is 52.2 Å². The normalized spacial score (nSPS) is 15.0. The average molecular weight is 208 g/mol. The van der Waals surface area contributed by atoms with Crippen molar-refractivity contribution in [2.45, 2.75) is 25.7 Å². The van der Waals surface area contributed by atoms with Crippen molar-refractivity contribution in [3.05, 3.63) is 17.0 Å². The molecule has 1 aliphatic carbocycles. The van der Waals surface area contributed by atoms with Crippen LogP contribution in [0.15, 0.2) is 0 Å². The molecule has 80 valence electrons. The summed E-state index contributed by atoms with van der Waals surface area (Å²) in [5, 5.41) is 6.58. The number of rotatable bonds is 4. The molecule has 1 fully saturated rings. The highest BCUT2D eigenvalue weighted by Crippen LogP contribution is 2.40. The van der Waals surface area contributed by atoms with E-state index in [1.54, 1.807) is 6.92 Å². The van der Waals surface area contributed by atoms with Crippen LogP contribution in [0.2, 0.25) is 0 Å². The zero-order valence-corrected chi connectivity index (χ0v) is 8.45. The van der Waals surface area contributed by atoms with E-state index in [9.17, 15) is 9.59 Å². The maximum atomic E-state index is 11.4. The van der Waals surface area contributed by atoms with Crippen LogP contribution in [0.3, 0.4) is 0 Å². The van der Waals surface area contributed by atoms with E-state index in [0.717, 1.165) is 18.5 Å². The van der Waals surface area contributed by atoms with E-state index in [2.05, 4.69) is 10.2 Å². The molecule has 5 heteroatoms. The van der Waals surface area contributed by atoms with Crippen LogP contribution >= 0.6 is 0 Å². The first-order valence-corrected chi connectivity index (χ1v) is 4.98. The maximum Gasteiger partial charge on any atom is 0.359 e. The van der Waals surface area contributed by atoms with Gasteiger partial charge in [0.25, 0.3) is 0 Å². The van der Waals surface area contributed by atoms with Crippen LogP contribution in [0.25, 0.3) is 0 Å². The summed E-state index contributed by atoms with van der Waals surface area (Å²) in [4.78, 5) is 22.3. The Balaban J connectivity index is 2.30. The van der Waals surface area contributed by atoms with Crippen molar-refractivity contribution < 1.29 is 14.3 Å². The van der Waals surface area contributed by atoms with Crippen LogP contribution in [-0.2, 0) is 4.74 Å². The standard InChI is InChI=1S/C10H12N2O3/c1-2-15-10(14)9-7(5-13)8(11-12-9)6-3-4-6/h5-6H,2-4H2,1H3,(H,11,12). The number of aldehydes is 1. The highest BCUT2D eigenvalue weighted by Gasteiger charge is 2.31. The summed E-state index contributed by atoms with van der Waals surface area (Å²) in [7, 11) is 0. The third kappa shape index (κ3) is 1.77. The molecule has 0 bridgehead atoms. The summed E-state index contributed by atoms with van der Waals surface area (Å²) in [6.07, 6.45) is 2.76. The van der Waals surface area contributed by atoms with Gasteiger partial charge in [0.05, 0.1) is 12.2 Å². The average Bonchev–Trinajstić information content (AvgIpc) is 2.97. The van der Waals surface area contributed by atoms with Gasteiger partial charge in [-0.15, -0.1) is 0 Å². The summed E-state index contributed by atoms with van der Waals surface area (Å²) in [5.74, 6) is -0.177. The predicted molar refractivity (Wildman–Crippen MR) is 51.9 cm³/mol. The fourth-order valence-electron chi connectivity index (χ4n) is 1.52. The van der Waals surface area contributed by atoms with E-state index in [0.29, 0.717) is 17.8 Å². The Morgan fingerprint density at radius 1 is 1.67 bits per heavy atom. The van der Waals surface area contributed by atoms with Gasteiger partial charge < -0.3 is 4.74 Å². The third-order valence-corrected chi connectivity index (χ3v) is 2.41. The largest absolute Gasteiger partial charge is 0.461 e. The van der Waals surface area contributed by atoms with E-state index in [1.165, 1.54) is 0 Å². The number of hydrogen-bond acceptors (Lipinski definition) is 4. The van der Waals surface area contributed by atoms with E-state index < -0.39 is 5.97 Å². The Bertz CT molecular complexity index is 393. The highest BCUT2D eigenvalue weighted by molar-refractivity contribution is 5.97. The van der Waals surface area contributed by atoms with Crippen molar-refractivity contribution in [1.29, 1.82) is 0 Å². The number of hydrogen-bond donors (Lipinski definition) is 1. The van der Waals surface area contributed by atoms with Gasteiger partial charge in [-0.2, -0.15) is 5.10 Å². The number of aromatic nitrogens is 2. The van der Waals surface area contributed by atoms with Crippen LogP contribution in [-0.4, -0.2) is 29.1 Å². The van der Waals surface area contributed by atoms with Gasteiger partial charge in [-0.25, -0.2) is 4.79 Å². The van der Waals surface area contributed by atoms with Gasteiger partial charge in [-0.3, -0.25) is 9.89 Å². The fraction of sp³-hybridized carbons (Fsp3) is 0.500. The lowest BCUT2D eigenvalue weighted by Gasteiger charge is -1.98. The number of nitrogens with one attached hydrogen (secondary N) is 1. The molecule has 0 atom stereocenters. The van der Waals surface area contributed by atoms with E-state index >= 15 is 0 Å². The van der Waals surface area contributed by atoms with Gasteiger partial charge in [-0.05, 0) is 19.8 Å². The Labute approximate surface area is 86.8 Å². The third-order valence-electron chi connectivity index (χ3n) is 2.41. The second-order valence-electron chi connectivity index (χ2n) is 3.51. The molecule has 15 heavy (non-hydrogen) atoms. The molecule has 0 amide bonds. The monoisotopic (exact) mass is 208 g/mol. The van der Waals surface area contributed by atoms with Crippen molar-refractivity contribution in [3.8, 4) is 0 Å². The number of esters is 1. The minimum Gasteiger partial charge on any atom is -0.461 e. The minimum atomic E-state index is -0.539. The predicted octanol–water partition coefficient (Wildman–Crippen LogP) is 1.28. The Hall–Kier alpha value is -1.65. The molecule has 1 N–H and O–H groups in total. The van der Waals surface area contributed by atoms with Crippen LogP contribution in [0.5, 0.6) is 0 Å². The van der Waals surface area contributed by atoms with Crippen molar-refractivity contribution in [1.82, 2.24) is 10.2 Å². The van der Waals surface area contributed by atoms with Crippen molar-refractivity contribution in [3.63, 3.8) is 0 Å². The molecule has 1 heterocycles. The summed E-state index contributed by atoms with van der Waals surface area (Å²) >= 11 is 0. The van der Waals surface area contributed by atoms with Crippen LogP contribution < -0.4 is 0 Å². The van der Waals surface area contributed by atoms with Gasteiger partial charge in [0.1, 0.15) is 0 Å². The summed E-state index contributed by atoms with van der Waals surface area (Å²) in [6, 6.07) is 0. The Morgan fingerprint density at radius 3 is 2.93 bits per heavy atom. The lowest BCUT2D eigenvalue weighted by atomic mass is 10.1. The second-order valence-corrected chi connectivity index (χ2v) is 3.51. The van der Waals surface area contributed by atoms with Gasteiger partial charge in [0.15, 0.2) is 12.0 Å². The van der Waals surface area contributed by atoms with Crippen LogP contribution in [0.4, 0.5) is 0 Å². The molecular weight excluding hydrogens is 196 g/mol. The number of H-pyrrole nitrogens is 1. The first-order valence-electron chi connectivity index (χ1n) is 4.98. The minimum absolute atomic E-state index is 0.105. The Kier molecular flexibility index (Phi) is 2.53. The first kappa shape index (κ1) is 9.89. The number of nitrogens with zero attached hydrogens (tertiary/aromatic N) is 1. The molecule has 2 rings (SSSR count). The smallest absolute Gasteiger partial charge is 0.359 e. The van der Waals surface area contributed by atoms with Gasteiger partial charge in [-0.1, -0.05) is 0 Å². The van der Waals surface area contributed by atoms with Crippen molar-refractivity contribution >= 4 is 12.3 Å². The molecule has 0 aromatic carbocycles. The molecule has 0 aliphatic heterocycles. The molecule has 0 saturated heterocycles. The molecule has 1 aliphatic rings. The quantitative estimate of drug-likeness (QED) is 0.597. The van der Waals surface area contributed by atoms with Gasteiger partial charge >= 0.3 is 5.97 Å². The van der Waals surface area contributed by atoms with E-state index in [4.69, 9.17) is 4.74 Å². The topological polar surface area (TPSA) is 72.0 Å². The number of aromatic amines is 1. The SMILES string of the molecule is CCOC(=O)c1n[nH]c(C2CC2)c1C=O. The van der Waals surface area contributed by atoms with Gasteiger partial charge in [0.2, 0.25) is 0 Å². The van der Waals surface area contributed by atoms with Gasteiger partial charge in [0, 0.05) is 11.6 Å². The zero-order valence-electron chi connectivity index (χ0n) is 8.45. The first-order chi connectivity index (χ1) is 7.27. The zero-order chi connectivity index (χ0) is 10.8. The molecule has 5 nitrogen and oxygen atoms in total. The molecule has 0 radical (unpaired) electrons. The summed E-state index contributed by atoms with van der Waals surface area (Å²) < 4.78 is 4.80. The fourth-order valence-corrected chi connectivity index (χ4v) is 1.52. The van der Waals surface area contributed by atoms with Crippen LogP contribution in [0, 0.1) is 0 Å². The molecule has 0 spiro atoms.